The zero-order valence-corrected chi connectivity index (χ0v) is 21.4. The number of aryl methyl sites for hydroxylation is 3. The van der Waals surface area contributed by atoms with Crippen molar-refractivity contribution in [2.24, 2.45) is 4.99 Å². The van der Waals surface area contributed by atoms with Gasteiger partial charge in [0.25, 0.3) is 0 Å². The third kappa shape index (κ3) is 7.82. The van der Waals surface area contributed by atoms with E-state index in [0.717, 1.165) is 54.9 Å². The Morgan fingerprint density at radius 1 is 1.03 bits per heavy atom. The molecule has 0 aromatic heterocycles. The summed E-state index contributed by atoms with van der Waals surface area (Å²) in [6, 6.07) is 9.48. The van der Waals surface area contributed by atoms with Crippen LogP contribution >= 0.6 is 0 Å². The van der Waals surface area contributed by atoms with E-state index in [2.05, 4.69) is 55.8 Å². The molecule has 0 heterocycles. The second-order valence-corrected chi connectivity index (χ2v) is 8.39. The lowest BCUT2D eigenvalue weighted by Crippen LogP contribution is -2.30. The molecule has 0 radical (unpaired) electrons. The number of hydrogen-bond donors (Lipinski definition) is 0. The monoisotopic (exact) mass is 452 g/mol. The van der Waals surface area contributed by atoms with Gasteiger partial charge in [0, 0.05) is 11.4 Å². The van der Waals surface area contributed by atoms with Crippen LogP contribution in [0.3, 0.4) is 0 Å². The molecule has 2 aromatic rings. The van der Waals surface area contributed by atoms with Gasteiger partial charge in [-0.15, -0.1) is 0 Å². The molecule has 0 amide bonds. The first-order chi connectivity index (χ1) is 16.0. The summed E-state index contributed by atoms with van der Waals surface area (Å²) >= 11 is 0. The van der Waals surface area contributed by atoms with Gasteiger partial charge >= 0.3 is 0 Å². The molecule has 0 saturated carbocycles. The maximum atomic E-state index is 14.5. The van der Waals surface area contributed by atoms with Gasteiger partial charge < -0.3 is 9.64 Å². The molecule has 2 aromatic carbocycles. The number of halogens is 1. The minimum absolute atomic E-state index is 0.196. The summed E-state index contributed by atoms with van der Waals surface area (Å²) in [5.74, 6) is 0.255. The summed E-state index contributed by atoms with van der Waals surface area (Å²) in [5.41, 5.74) is 3.55. The molecule has 0 atom stereocenters. The Labute approximate surface area is 199 Å². The molecule has 4 heteroatoms. The van der Waals surface area contributed by atoms with E-state index in [-0.39, 0.29) is 11.6 Å². The predicted octanol–water partition coefficient (Wildman–Crippen LogP) is 5.79. The van der Waals surface area contributed by atoms with Gasteiger partial charge in [-0.2, -0.15) is 0 Å². The Morgan fingerprint density at radius 2 is 1.79 bits per heavy atom. The van der Waals surface area contributed by atoms with Crippen molar-refractivity contribution in [2.75, 3.05) is 19.6 Å². The van der Waals surface area contributed by atoms with Crippen molar-refractivity contribution in [3.05, 3.63) is 63.3 Å². The van der Waals surface area contributed by atoms with Gasteiger partial charge in [0.1, 0.15) is 0 Å². The molecule has 0 bridgehead atoms. The number of aliphatic imine (C=N–C) groups is 1. The van der Waals surface area contributed by atoms with E-state index in [4.69, 9.17) is 4.74 Å². The fourth-order valence-electron chi connectivity index (χ4n) is 4.10. The molecule has 0 saturated heterocycles. The highest BCUT2D eigenvalue weighted by Crippen LogP contribution is 2.21. The Balaban J connectivity index is 2.47. The Kier molecular flexibility index (Phi) is 11.3. The molecule has 3 nitrogen and oxygen atoms in total. The highest BCUT2D eigenvalue weighted by Gasteiger charge is 2.10. The average molecular weight is 453 g/mol. The Hall–Kier alpha value is -2.46. The molecular formula is C29H41FN2O. The van der Waals surface area contributed by atoms with E-state index in [1.807, 2.05) is 19.9 Å². The fraction of sp³-hybridized carbons (Fsp3) is 0.483. The number of nitrogens with zero attached hydrogens (tertiary/aromatic N) is 2. The van der Waals surface area contributed by atoms with E-state index in [0.29, 0.717) is 5.88 Å². The molecule has 0 aliphatic carbocycles. The van der Waals surface area contributed by atoms with Crippen molar-refractivity contribution in [2.45, 2.75) is 73.6 Å². The van der Waals surface area contributed by atoms with Crippen LogP contribution in [0.2, 0.25) is 0 Å². The van der Waals surface area contributed by atoms with Crippen molar-refractivity contribution in [1.29, 1.82) is 0 Å². The first-order valence-electron chi connectivity index (χ1n) is 12.5. The van der Waals surface area contributed by atoms with Crippen molar-refractivity contribution < 1.29 is 9.13 Å². The average Bonchev–Trinajstić information content (AvgIpc) is 2.81. The summed E-state index contributed by atoms with van der Waals surface area (Å²) in [6.45, 7) is 15.9. The lowest BCUT2D eigenvalue weighted by molar-refractivity contribution is 0.297. The van der Waals surface area contributed by atoms with E-state index in [9.17, 15) is 4.39 Å². The van der Waals surface area contributed by atoms with Gasteiger partial charge in [-0.3, -0.25) is 0 Å². The molecular weight excluding hydrogens is 411 g/mol. The van der Waals surface area contributed by atoms with Gasteiger partial charge in [0.15, 0.2) is 11.6 Å². The summed E-state index contributed by atoms with van der Waals surface area (Å²) < 4.78 is 20.5. The van der Waals surface area contributed by atoms with Crippen LogP contribution in [0.4, 0.5) is 4.39 Å². The van der Waals surface area contributed by atoms with Crippen LogP contribution in [0.25, 0.3) is 12.0 Å². The SMILES string of the molecule is CC=N/C(Oc1ccc(C)cc1F)=c1/cc(CC)c(CCCCN(CC)CC)c/c1=C\CC. The van der Waals surface area contributed by atoms with Crippen LogP contribution in [0.1, 0.15) is 70.6 Å². The van der Waals surface area contributed by atoms with Gasteiger partial charge in [0.05, 0.1) is 0 Å². The molecule has 0 aliphatic heterocycles. The summed E-state index contributed by atoms with van der Waals surface area (Å²) in [7, 11) is 0. The number of benzene rings is 2. The maximum absolute atomic E-state index is 14.5. The van der Waals surface area contributed by atoms with E-state index >= 15 is 0 Å². The minimum Gasteiger partial charge on any atom is -0.435 e. The molecule has 0 fully saturated rings. The number of hydrogen-bond acceptors (Lipinski definition) is 3. The van der Waals surface area contributed by atoms with Crippen LogP contribution < -0.4 is 15.2 Å². The summed E-state index contributed by atoms with van der Waals surface area (Å²) in [6.07, 6.45) is 9.18. The van der Waals surface area contributed by atoms with Crippen LogP contribution in [-0.2, 0) is 12.8 Å². The standard InChI is InChI=1S/C29H41FN2O/c1-7-14-25-20-24(15-12-13-18-32(10-4)11-5)23(8-2)21-26(25)29(31-9-3)33-28-17-16-22(6)19-27(28)30/h9,14,16-17,19-21H,7-8,10-13,15,18H2,1-6H3/b25-14+,29-26+,31-9?. The molecule has 33 heavy (non-hydrogen) atoms. The van der Waals surface area contributed by atoms with Crippen molar-refractivity contribution in [1.82, 2.24) is 4.90 Å². The minimum atomic E-state index is -0.375. The predicted molar refractivity (Wildman–Crippen MR) is 140 cm³/mol. The van der Waals surface area contributed by atoms with Gasteiger partial charge in [-0.1, -0.05) is 45.9 Å². The zero-order chi connectivity index (χ0) is 24.2. The molecule has 2 rings (SSSR count). The van der Waals surface area contributed by atoms with Gasteiger partial charge in [-0.25, -0.2) is 9.38 Å². The first-order valence-corrected chi connectivity index (χ1v) is 12.5. The second-order valence-electron chi connectivity index (χ2n) is 8.39. The molecule has 0 unspecified atom stereocenters. The van der Waals surface area contributed by atoms with E-state index < -0.39 is 0 Å². The highest BCUT2D eigenvalue weighted by molar-refractivity contribution is 5.62. The molecule has 0 spiro atoms. The van der Waals surface area contributed by atoms with Gasteiger partial charge in [-0.05, 0) is 106 Å². The first kappa shape index (κ1) is 26.8. The van der Waals surface area contributed by atoms with Gasteiger partial charge in [0.2, 0.25) is 5.88 Å². The Morgan fingerprint density at radius 3 is 2.39 bits per heavy atom. The third-order valence-electron chi connectivity index (χ3n) is 6.01. The van der Waals surface area contributed by atoms with Crippen LogP contribution in [-0.4, -0.2) is 30.7 Å². The maximum Gasteiger partial charge on any atom is 0.226 e. The van der Waals surface area contributed by atoms with Crippen molar-refractivity contribution in [3.8, 4) is 5.75 Å². The normalized spacial score (nSPS) is 13.3. The second kappa shape index (κ2) is 13.9. The van der Waals surface area contributed by atoms with Crippen LogP contribution in [0.15, 0.2) is 35.3 Å². The molecule has 180 valence electrons. The summed E-state index contributed by atoms with van der Waals surface area (Å²) in [4.78, 5) is 6.97. The highest BCUT2D eigenvalue weighted by atomic mass is 19.1. The fourth-order valence-corrected chi connectivity index (χ4v) is 4.10. The number of rotatable bonds is 12. The Bertz CT molecular complexity index is 1040. The lowest BCUT2D eigenvalue weighted by Gasteiger charge is -2.18. The summed E-state index contributed by atoms with van der Waals surface area (Å²) in [5, 5.41) is 2.01. The lowest BCUT2D eigenvalue weighted by atomic mass is 9.97. The quantitative estimate of drug-likeness (QED) is 0.301. The third-order valence-corrected chi connectivity index (χ3v) is 6.01. The molecule has 0 aliphatic rings. The van der Waals surface area contributed by atoms with Crippen LogP contribution in [0.5, 0.6) is 5.75 Å². The van der Waals surface area contributed by atoms with Crippen LogP contribution in [0, 0.1) is 12.7 Å². The molecule has 0 N–H and O–H groups in total. The smallest absolute Gasteiger partial charge is 0.226 e. The van der Waals surface area contributed by atoms with E-state index in [1.165, 1.54) is 30.0 Å². The topological polar surface area (TPSA) is 24.8 Å². The number of unbranched alkanes of at least 4 members (excludes halogenated alkanes) is 1. The zero-order valence-electron chi connectivity index (χ0n) is 21.4. The number of ether oxygens (including phenoxy) is 1. The van der Waals surface area contributed by atoms with Crippen molar-refractivity contribution >= 4 is 18.2 Å². The largest absolute Gasteiger partial charge is 0.435 e. The van der Waals surface area contributed by atoms with Crippen molar-refractivity contribution in [3.63, 3.8) is 0 Å². The van der Waals surface area contributed by atoms with E-state index in [1.54, 1.807) is 12.3 Å².